The van der Waals surface area contributed by atoms with Crippen molar-refractivity contribution in [2.24, 2.45) is 0 Å². The summed E-state index contributed by atoms with van der Waals surface area (Å²) in [6.07, 6.45) is 0. The van der Waals surface area contributed by atoms with Crippen molar-refractivity contribution in [1.82, 2.24) is 0 Å². The van der Waals surface area contributed by atoms with Gasteiger partial charge in [-0.25, -0.2) is 4.90 Å². The van der Waals surface area contributed by atoms with Crippen molar-refractivity contribution in [3.05, 3.63) is 94.7 Å². The van der Waals surface area contributed by atoms with Crippen LogP contribution in [0, 0.1) is 20.8 Å². The number of carbonyl (C=O) groups is 2. The second-order valence-corrected chi connectivity index (χ2v) is 7.87. The van der Waals surface area contributed by atoms with Crippen LogP contribution >= 0.6 is 0 Å². The third-order valence-electron chi connectivity index (χ3n) is 5.64. The summed E-state index contributed by atoms with van der Waals surface area (Å²) in [5.74, 6) is 0.00491. The van der Waals surface area contributed by atoms with E-state index >= 15 is 0 Å². The Morgan fingerprint density at radius 2 is 1.59 bits per heavy atom. The topological polar surface area (TPSA) is 58.6 Å². The zero-order valence-corrected chi connectivity index (χ0v) is 18.7. The first-order valence-corrected chi connectivity index (χ1v) is 10.7. The minimum absolute atomic E-state index is 0.269. The maximum absolute atomic E-state index is 13.6. The molecule has 1 aliphatic rings. The average molecular weight is 427 g/mol. The summed E-state index contributed by atoms with van der Waals surface area (Å²) in [7, 11) is 0. The fourth-order valence-electron chi connectivity index (χ4n) is 3.86. The summed E-state index contributed by atoms with van der Waals surface area (Å²) >= 11 is 0. The van der Waals surface area contributed by atoms with Crippen molar-refractivity contribution in [2.45, 2.75) is 27.7 Å². The highest BCUT2D eigenvalue weighted by molar-refractivity contribution is 6.46. The highest BCUT2D eigenvalue weighted by Crippen LogP contribution is 2.36. The molecule has 2 amide bonds. The Morgan fingerprint density at radius 3 is 2.28 bits per heavy atom. The number of aryl methyl sites for hydroxylation is 2. The third kappa shape index (κ3) is 3.89. The Morgan fingerprint density at radius 1 is 0.875 bits per heavy atom. The van der Waals surface area contributed by atoms with Gasteiger partial charge in [0.15, 0.2) is 0 Å². The van der Waals surface area contributed by atoms with Gasteiger partial charge in [-0.05, 0) is 80.3 Å². The number of hydrogen-bond acceptors (Lipinski definition) is 4. The highest BCUT2D eigenvalue weighted by Gasteiger charge is 2.41. The van der Waals surface area contributed by atoms with Crippen LogP contribution in [0.25, 0.3) is 5.57 Å². The summed E-state index contributed by atoms with van der Waals surface area (Å²) in [5, 5.41) is 3.22. The van der Waals surface area contributed by atoms with Crippen LogP contribution in [0.5, 0.6) is 5.75 Å². The number of nitrogens with zero attached hydrogens (tertiary/aromatic N) is 1. The first kappa shape index (κ1) is 21.4. The quantitative estimate of drug-likeness (QED) is 0.536. The SMILES string of the molecule is CCOc1ccc(C2=C(Nc3cccc(C)c3)C(=O)N(c3cccc(C)c3C)C2=O)cc1. The van der Waals surface area contributed by atoms with E-state index in [2.05, 4.69) is 5.32 Å². The molecule has 1 N–H and O–H groups in total. The molecule has 0 radical (unpaired) electrons. The number of amides is 2. The van der Waals surface area contributed by atoms with Crippen molar-refractivity contribution >= 4 is 28.8 Å². The number of imide groups is 1. The van der Waals surface area contributed by atoms with Crippen molar-refractivity contribution in [3.63, 3.8) is 0 Å². The van der Waals surface area contributed by atoms with E-state index in [0.717, 1.165) is 22.4 Å². The van der Waals surface area contributed by atoms with E-state index in [9.17, 15) is 9.59 Å². The van der Waals surface area contributed by atoms with Gasteiger partial charge in [0, 0.05) is 5.69 Å². The van der Waals surface area contributed by atoms with Gasteiger partial charge >= 0.3 is 0 Å². The van der Waals surface area contributed by atoms with Gasteiger partial charge < -0.3 is 10.1 Å². The molecular weight excluding hydrogens is 400 g/mol. The van der Waals surface area contributed by atoms with Gasteiger partial charge in [0.25, 0.3) is 11.8 Å². The Kier molecular flexibility index (Phi) is 5.82. The molecule has 5 heteroatoms. The molecule has 3 aromatic rings. The molecule has 3 aromatic carbocycles. The summed E-state index contributed by atoms with van der Waals surface area (Å²) in [5.41, 5.74) is 5.61. The van der Waals surface area contributed by atoms with E-state index in [1.165, 1.54) is 4.90 Å². The monoisotopic (exact) mass is 426 g/mol. The van der Waals surface area contributed by atoms with Gasteiger partial charge in [0.05, 0.1) is 17.9 Å². The molecule has 0 unspecified atom stereocenters. The van der Waals surface area contributed by atoms with E-state index in [4.69, 9.17) is 4.74 Å². The lowest BCUT2D eigenvalue weighted by molar-refractivity contribution is -0.120. The Balaban J connectivity index is 1.82. The number of carbonyl (C=O) groups excluding carboxylic acids is 2. The molecule has 162 valence electrons. The van der Waals surface area contributed by atoms with Gasteiger partial charge in [-0.1, -0.05) is 36.4 Å². The van der Waals surface area contributed by atoms with Gasteiger partial charge in [0.2, 0.25) is 0 Å². The summed E-state index contributed by atoms with van der Waals surface area (Å²) in [6.45, 7) is 8.35. The van der Waals surface area contributed by atoms with Crippen molar-refractivity contribution in [3.8, 4) is 5.75 Å². The number of nitrogens with one attached hydrogen (secondary N) is 1. The maximum Gasteiger partial charge on any atom is 0.282 e. The standard InChI is InChI=1S/C27H26N2O3/c1-5-32-22-14-12-20(13-15-22)24-25(28-21-10-6-8-17(2)16-21)27(31)29(26(24)30)23-11-7-9-18(3)19(23)4/h6-16,28H,5H2,1-4H3. The van der Waals surface area contributed by atoms with E-state index in [1.807, 2.05) is 94.4 Å². The molecule has 0 spiro atoms. The molecule has 1 heterocycles. The van der Waals surface area contributed by atoms with Crippen LogP contribution in [-0.4, -0.2) is 18.4 Å². The lowest BCUT2D eigenvalue weighted by atomic mass is 10.0. The van der Waals surface area contributed by atoms with E-state index in [1.54, 1.807) is 0 Å². The van der Waals surface area contributed by atoms with Crippen LogP contribution in [0.1, 0.15) is 29.2 Å². The molecule has 0 saturated carbocycles. The Labute approximate surface area is 188 Å². The molecule has 0 fully saturated rings. The molecule has 0 aliphatic carbocycles. The predicted molar refractivity (Wildman–Crippen MR) is 128 cm³/mol. The minimum atomic E-state index is -0.367. The summed E-state index contributed by atoms with van der Waals surface area (Å²) in [6, 6.07) is 20.6. The van der Waals surface area contributed by atoms with Crippen molar-refractivity contribution in [2.75, 3.05) is 16.8 Å². The van der Waals surface area contributed by atoms with Gasteiger partial charge in [-0.3, -0.25) is 9.59 Å². The molecule has 0 saturated heterocycles. The van der Waals surface area contributed by atoms with Crippen LogP contribution in [0.4, 0.5) is 11.4 Å². The largest absolute Gasteiger partial charge is 0.494 e. The number of benzene rings is 3. The lowest BCUT2D eigenvalue weighted by Crippen LogP contribution is -2.33. The third-order valence-corrected chi connectivity index (χ3v) is 5.64. The lowest BCUT2D eigenvalue weighted by Gasteiger charge is -2.19. The maximum atomic E-state index is 13.6. The second kappa shape index (κ2) is 8.71. The molecule has 32 heavy (non-hydrogen) atoms. The highest BCUT2D eigenvalue weighted by atomic mass is 16.5. The Hall–Kier alpha value is -3.86. The van der Waals surface area contributed by atoms with Crippen molar-refractivity contribution < 1.29 is 14.3 Å². The molecule has 0 aromatic heterocycles. The van der Waals surface area contributed by atoms with Crippen LogP contribution in [-0.2, 0) is 9.59 Å². The van der Waals surface area contributed by atoms with Crippen LogP contribution < -0.4 is 15.0 Å². The fourth-order valence-corrected chi connectivity index (χ4v) is 3.86. The van der Waals surface area contributed by atoms with Crippen LogP contribution in [0.15, 0.2) is 72.4 Å². The zero-order chi connectivity index (χ0) is 22.8. The smallest absolute Gasteiger partial charge is 0.282 e. The van der Waals surface area contributed by atoms with Crippen molar-refractivity contribution in [1.29, 1.82) is 0 Å². The number of rotatable bonds is 6. The Bertz CT molecular complexity index is 1230. The zero-order valence-electron chi connectivity index (χ0n) is 18.7. The number of anilines is 2. The van der Waals surface area contributed by atoms with Gasteiger partial charge in [-0.15, -0.1) is 0 Å². The first-order chi connectivity index (χ1) is 15.4. The predicted octanol–water partition coefficient (Wildman–Crippen LogP) is 5.41. The second-order valence-electron chi connectivity index (χ2n) is 7.87. The molecule has 5 nitrogen and oxygen atoms in total. The van der Waals surface area contributed by atoms with E-state index in [-0.39, 0.29) is 17.5 Å². The van der Waals surface area contributed by atoms with Crippen LogP contribution in [0.2, 0.25) is 0 Å². The summed E-state index contributed by atoms with van der Waals surface area (Å²) < 4.78 is 5.53. The van der Waals surface area contributed by atoms with E-state index < -0.39 is 0 Å². The molecule has 1 aliphatic heterocycles. The molecule has 0 atom stereocenters. The van der Waals surface area contributed by atoms with Gasteiger partial charge in [-0.2, -0.15) is 0 Å². The fraction of sp³-hybridized carbons (Fsp3) is 0.185. The summed E-state index contributed by atoms with van der Waals surface area (Å²) in [4.78, 5) is 28.5. The normalized spacial score (nSPS) is 13.7. The average Bonchev–Trinajstić information content (AvgIpc) is 3.01. The van der Waals surface area contributed by atoms with E-state index in [0.29, 0.717) is 29.2 Å². The number of hydrogen-bond donors (Lipinski definition) is 1. The number of ether oxygens (including phenoxy) is 1. The first-order valence-electron chi connectivity index (χ1n) is 10.7. The van der Waals surface area contributed by atoms with Crippen LogP contribution in [0.3, 0.4) is 0 Å². The molecule has 4 rings (SSSR count). The molecular formula is C27H26N2O3. The molecule has 0 bridgehead atoms. The van der Waals surface area contributed by atoms with Gasteiger partial charge in [0.1, 0.15) is 11.4 Å². The minimum Gasteiger partial charge on any atom is -0.494 e.